The Morgan fingerprint density at radius 3 is 0.851 bits per heavy atom. The number of rotatable bonds is 16. The van der Waals surface area contributed by atoms with Gasteiger partial charge in [0.2, 0.25) is 45.6 Å². The lowest BCUT2D eigenvalue weighted by Crippen LogP contribution is -2.32. The van der Waals surface area contributed by atoms with E-state index in [4.69, 9.17) is 38.1 Å². The lowest BCUT2D eigenvalue weighted by molar-refractivity contribution is -0.661. The Kier molecular flexibility index (Phi) is 22.2. The van der Waals surface area contributed by atoms with Crippen LogP contribution in [0.15, 0.2) is 164 Å². The highest BCUT2D eigenvalue weighted by Crippen LogP contribution is 2.43. The monoisotopic (exact) mass is 1520 g/mol. The van der Waals surface area contributed by atoms with Gasteiger partial charge in [-0.1, -0.05) is 145 Å². The van der Waals surface area contributed by atoms with Gasteiger partial charge in [0.15, 0.2) is 47.1 Å². The number of hydrogen-bond donors (Lipinski definition) is 0. The zero-order chi connectivity index (χ0) is 85.3. The van der Waals surface area contributed by atoms with Crippen LogP contribution in [0.1, 0.15) is 204 Å². The van der Waals surface area contributed by atoms with Gasteiger partial charge < -0.3 is 17.7 Å². The molecule has 12 nitrogen and oxygen atoms in total. The fourth-order valence-corrected chi connectivity index (χ4v) is 16.1. The largest absolute Gasteiger partial charge is 0.437 e. The third kappa shape index (κ3) is 16.4. The molecule has 0 bridgehead atoms. The molecule has 0 aliphatic carbocycles. The van der Waals surface area contributed by atoms with Gasteiger partial charge in [0.1, 0.15) is 28.2 Å². The average molecular weight is 1530 g/mol. The van der Waals surface area contributed by atoms with Crippen LogP contribution in [-0.4, -0.2) is 19.9 Å². The minimum atomic E-state index is -1.39. The van der Waals surface area contributed by atoms with Crippen molar-refractivity contribution in [3.63, 3.8) is 0 Å². The summed E-state index contributed by atoms with van der Waals surface area (Å²) in [6.07, 6.45) is 9.49. The van der Waals surface area contributed by atoms with Crippen LogP contribution in [0, 0.1) is 79.1 Å². The first-order chi connectivity index (χ1) is 55.8. The number of aromatic nitrogens is 8. The van der Waals surface area contributed by atoms with Gasteiger partial charge in [0, 0.05) is 118 Å². The van der Waals surface area contributed by atoms with E-state index in [9.17, 15) is 0 Å². The summed E-state index contributed by atoms with van der Waals surface area (Å²) in [5, 5.41) is 8.60. The Morgan fingerprint density at radius 2 is 0.570 bits per heavy atom. The highest BCUT2D eigenvalue weighted by molar-refractivity contribution is 6.12. The zero-order valence-electron chi connectivity index (χ0n) is 76.4. The van der Waals surface area contributed by atoms with Crippen molar-refractivity contribution in [3.8, 4) is 45.0 Å². The van der Waals surface area contributed by atoms with E-state index < -0.39 is 12.7 Å². The molecule has 12 heteroatoms. The van der Waals surface area contributed by atoms with E-state index in [1.165, 1.54) is 55.9 Å². The summed E-state index contributed by atoms with van der Waals surface area (Å²) < 4.78 is 68.1. The van der Waals surface area contributed by atoms with Crippen molar-refractivity contribution in [2.24, 2.45) is 51.9 Å². The fraction of sp³-hybridized carbons (Fsp3) is 0.373. The summed E-state index contributed by atoms with van der Waals surface area (Å²) in [5.41, 5.74) is 32.8. The van der Waals surface area contributed by atoms with Crippen LogP contribution in [0.25, 0.3) is 133 Å². The number of fused-ring (bicyclic) bond motifs is 12. The first kappa shape index (κ1) is 75.9. The molecule has 0 unspecified atom stereocenters. The first-order valence-corrected chi connectivity index (χ1v) is 41.1. The summed E-state index contributed by atoms with van der Waals surface area (Å²) in [4.78, 5) is 18.9. The maximum Gasteiger partial charge on any atom is 0.227 e. The first-order valence-electron chi connectivity index (χ1n) is 43.1. The Balaban J connectivity index is 0.000000136. The molecule has 114 heavy (non-hydrogen) atoms. The standard InChI is InChI=1S/2C26H31N2O.2C25H29N2O/c1-15(2)12-19-13-23(28(7)14-18(19)6)24-17(5)8-9-20-21-10-11-22(16(3)4)27-26(21)29-25(20)24;1-15(2)12-19-14-28(7)23(13-18(19)6)24-17(5)8-9-20-21-10-11-22(16(3)4)27-26(21)29-25(20)24;1-7-19-9-11-21-20-10-8-16(4)23(24(20)28-25(21)26-19)22-13-18(12-15(2)3)17(5)14-27(22)6;1-7-19-9-11-21-20-10-8-16(4)23(24(20)28-25(21)26-19)22-13-17(5)18(12-15(2)3)14-27(22)6/h2*8-11,13-16H,12H2,1-7H3;2*8-11,13-15H,7,12H2,1-6H3/q4*+1/i;12D2;;12D2. The number of aryl methyl sites for hydroxylation is 14. The molecule has 0 aliphatic rings. The molecule has 0 saturated carbocycles. The predicted molar refractivity (Wildman–Crippen MR) is 472 cm³/mol. The van der Waals surface area contributed by atoms with Gasteiger partial charge in [-0.3, -0.25) is 0 Å². The number of furan rings is 4. The molecule has 16 rings (SSSR count). The van der Waals surface area contributed by atoms with Crippen molar-refractivity contribution in [2.75, 3.05) is 0 Å². The number of nitrogens with zero attached hydrogens (tertiary/aromatic N) is 8. The molecule has 0 spiro atoms. The van der Waals surface area contributed by atoms with Crippen molar-refractivity contribution in [1.29, 1.82) is 0 Å². The summed E-state index contributed by atoms with van der Waals surface area (Å²) in [5.74, 6) is 1.74. The van der Waals surface area contributed by atoms with Gasteiger partial charge in [-0.15, -0.1) is 0 Å². The molecule has 4 aromatic carbocycles. The molecule has 0 amide bonds. The van der Waals surface area contributed by atoms with Gasteiger partial charge in [0.25, 0.3) is 0 Å². The second kappa shape index (κ2) is 33.4. The quantitative estimate of drug-likeness (QED) is 0.0878. The van der Waals surface area contributed by atoms with Gasteiger partial charge >= 0.3 is 0 Å². The maximum absolute atomic E-state index is 8.56. The van der Waals surface area contributed by atoms with Gasteiger partial charge in [0.05, 0.1) is 22.3 Å². The Morgan fingerprint density at radius 1 is 0.298 bits per heavy atom. The van der Waals surface area contributed by atoms with Crippen LogP contribution in [-0.2, 0) is 66.6 Å². The molecule has 0 radical (unpaired) electrons. The third-order valence-corrected chi connectivity index (χ3v) is 22.2. The second-order valence-corrected chi connectivity index (χ2v) is 33.9. The van der Waals surface area contributed by atoms with Crippen LogP contribution in [0.3, 0.4) is 0 Å². The number of pyridine rings is 8. The molecule has 588 valence electrons. The van der Waals surface area contributed by atoms with Crippen LogP contribution in [0.2, 0.25) is 0 Å². The molecule has 0 aliphatic heterocycles. The zero-order valence-corrected chi connectivity index (χ0v) is 72.4. The van der Waals surface area contributed by atoms with E-state index >= 15 is 0 Å². The van der Waals surface area contributed by atoms with Gasteiger partial charge in [-0.25, -0.2) is 38.2 Å². The number of hydrogen-bond acceptors (Lipinski definition) is 8. The minimum Gasteiger partial charge on any atom is -0.437 e. The Labute approximate surface area is 681 Å². The smallest absolute Gasteiger partial charge is 0.227 e. The third-order valence-electron chi connectivity index (χ3n) is 22.2. The highest BCUT2D eigenvalue weighted by Gasteiger charge is 2.29. The van der Waals surface area contributed by atoms with E-state index in [-0.39, 0.29) is 11.8 Å². The van der Waals surface area contributed by atoms with Crippen LogP contribution in [0.4, 0.5) is 0 Å². The molecule has 0 N–H and O–H groups in total. The van der Waals surface area contributed by atoms with Crippen molar-refractivity contribution < 1.29 is 41.4 Å². The number of benzene rings is 4. The Hall–Kier alpha value is -10.7. The summed E-state index contributed by atoms with van der Waals surface area (Å²) in [7, 11) is 8.20. The summed E-state index contributed by atoms with van der Waals surface area (Å²) >= 11 is 0. The summed E-state index contributed by atoms with van der Waals surface area (Å²) in [6, 6.07) is 42.9. The molecular weight excluding hydrogens is 1400 g/mol. The predicted octanol–water partition coefficient (Wildman–Crippen LogP) is 24.5. The fourth-order valence-electron chi connectivity index (χ4n) is 16.1. The maximum atomic E-state index is 8.56. The molecule has 0 fully saturated rings. The van der Waals surface area contributed by atoms with Crippen LogP contribution in [0.5, 0.6) is 0 Å². The lowest BCUT2D eigenvalue weighted by Gasteiger charge is -2.11. The summed E-state index contributed by atoms with van der Waals surface area (Å²) in [6.45, 7) is 46.5. The average Bonchev–Trinajstić information content (AvgIpc) is 1.53. The molecular formula is C102H120N8O4+4. The lowest BCUT2D eigenvalue weighted by atomic mass is 9.95. The van der Waals surface area contributed by atoms with Crippen LogP contribution < -0.4 is 18.3 Å². The molecule has 0 saturated heterocycles. The van der Waals surface area contributed by atoms with E-state index in [1.807, 2.05) is 77.2 Å². The normalized spacial score (nSPS) is 12.7. The van der Waals surface area contributed by atoms with Gasteiger partial charge in [-0.2, -0.15) is 0 Å². The SMILES string of the molecule is CCc1ccc2c(n1)oc1c(-c3cc(CC(C)C)c(C)c[n+]3C)c(C)ccc12.Cc1c[n+](C)c(-c2c(C)ccc3c2oc2nc(C(C)C)ccc23)cc1CC(C)C.[2H]C([2H])(c1c[n+](C)c(-c2c(C)ccc3c2oc2nc(C(C)C)ccc23)cc1C)C(C)C.[2H]C([2H])(c1c[n+](C)c(-c2c(C)ccc3c2oc2nc(CC)ccc23)cc1C)C(C)C. The minimum absolute atomic E-state index is 0.110. The van der Waals surface area contributed by atoms with Crippen molar-refractivity contribution in [2.45, 2.75) is 203 Å². The molecule has 12 aromatic heterocycles. The van der Waals surface area contributed by atoms with Crippen molar-refractivity contribution >= 4 is 88.3 Å². The van der Waals surface area contributed by atoms with E-state index in [0.29, 0.717) is 35.1 Å². The van der Waals surface area contributed by atoms with Gasteiger partial charge in [-0.05, 0) is 222 Å². The van der Waals surface area contributed by atoms with Crippen molar-refractivity contribution in [3.05, 3.63) is 236 Å². The topological polar surface area (TPSA) is 120 Å². The second-order valence-electron chi connectivity index (χ2n) is 33.9. The van der Waals surface area contributed by atoms with E-state index in [1.54, 1.807) is 0 Å². The van der Waals surface area contributed by atoms with E-state index in [0.717, 1.165) is 181 Å². The molecule has 12 heterocycles. The van der Waals surface area contributed by atoms with Crippen LogP contribution >= 0.6 is 0 Å². The molecule has 16 aromatic rings. The van der Waals surface area contributed by atoms with Crippen molar-refractivity contribution in [1.82, 2.24) is 19.9 Å². The Bertz CT molecular complexity index is 6550. The highest BCUT2D eigenvalue weighted by atomic mass is 16.4. The van der Waals surface area contributed by atoms with E-state index in [2.05, 4.69) is 273 Å². The molecule has 0 atom stereocenters.